The number of fused-ring (bicyclic) bond motifs is 1. The molecule has 3 rings (SSSR count). The van der Waals surface area contributed by atoms with Crippen LogP contribution in [0.15, 0.2) is 35.5 Å². The van der Waals surface area contributed by atoms with Gasteiger partial charge in [0.2, 0.25) is 0 Å². The molecule has 0 radical (unpaired) electrons. The molecule has 0 aliphatic heterocycles. The molecule has 2 aromatic rings. The third kappa shape index (κ3) is 3.25. The first-order valence-electron chi connectivity index (χ1n) is 8.89. The summed E-state index contributed by atoms with van der Waals surface area (Å²) in [6.07, 6.45) is 2.38. The molecule has 0 saturated carbocycles. The minimum absolute atomic E-state index is 0.155. The van der Waals surface area contributed by atoms with Crippen molar-refractivity contribution < 1.29 is 0 Å². The van der Waals surface area contributed by atoms with Gasteiger partial charge in [-0.05, 0) is 76.6 Å². The van der Waals surface area contributed by atoms with E-state index in [4.69, 9.17) is 11.6 Å². The van der Waals surface area contributed by atoms with Crippen molar-refractivity contribution in [3.8, 4) is 11.1 Å². The molecule has 0 heterocycles. The lowest BCUT2D eigenvalue weighted by Crippen LogP contribution is -2.34. The van der Waals surface area contributed by atoms with E-state index < -0.39 is 0 Å². The molecule has 2 nitrogen and oxygen atoms in total. The lowest BCUT2D eigenvalue weighted by molar-refractivity contribution is 0.332. The first-order valence-corrected chi connectivity index (χ1v) is 9.27. The Morgan fingerprint density at radius 3 is 2.16 bits per heavy atom. The zero-order chi connectivity index (χ0) is 18.4. The highest BCUT2D eigenvalue weighted by Gasteiger charge is 2.37. The second-order valence-electron chi connectivity index (χ2n) is 8.58. The van der Waals surface area contributed by atoms with E-state index in [1.807, 2.05) is 18.2 Å². The zero-order valence-electron chi connectivity index (χ0n) is 15.7. The van der Waals surface area contributed by atoms with Gasteiger partial charge in [0.05, 0.1) is 0 Å². The Morgan fingerprint density at radius 2 is 1.56 bits per heavy atom. The number of aryl methyl sites for hydroxylation is 1. The van der Waals surface area contributed by atoms with Gasteiger partial charge in [-0.25, -0.2) is 0 Å². The van der Waals surface area contributed by atoms with Crippen LogP contribution in [0.1, 0.15) is 62.8 Å². The van der Waals surface area contributed by atoms with Crippen LogP contribution in [0.5, 0.6) is 0 Å². The molecule has 0 fully saturated rings. The average Bonchev–Trinajstić information content (AvgIpc) is 2.54. The molecule has 2 aromatic carbocycles. The van der Waals surface area contributed by atoms with Gasteiger partial charge >= 0.3 is 0 Å². The van der Waals surface area contributed by atoms with Gasteiger partial charge in [-0.15, -0.1) is 0 Å². The minimum Gasteiger partial charge on any atom is -0.150 e. The van der Waals surface area contributed by atoms with Gasteiger partial charge in [0.15, 0.2) is 0 Å². The van der Waals surface area contributed by atoms with Gasteiger partial charge in [-0.3, -0.25) is 0 Å². The lowest BCUT2D eigenvalue weighted by atomic mass is 9.62. The number of benzene rings is 2. The van der Waals surface area contributed by atoms with E-state index in [9.17, 15) is 4.91 Å². The van der Waals surface area contributed by atoms with E-state index >= 15 is 0 Å². The summed E-state index contributed by atoms with van der Waals surface area (Å²) >= 11 is 6.50. The molecular weight excluding hydrogens is 330 g/mol. The molecule has 25 heavy (non-hydrogen) atoms. The Morgan fingerprint density at radius 1 is 0.960 bits per heavy atom. The van der Waals surface area contributed by atoms with Crippen molar-refractivity contribution in [3.05, 3.63) is 62.5 Å². The summed E-state index contributed by atoms with van der Waals surface area (Å²) in [4.78, 5) is 10.6. The molecule has 0 bridgehead atoms. The van der Waals surface area contributed by atoms with Crippen LogP contribution in [0, 0.1) is 11.8 Å². The summed E-state index contributed by atoms with van der Waals surface area (Å²) in [5, 5.41) is 3.73. The van der Waals surface area contributed by atoms with Crippen molar-refractivity contribution in [3.63, 3.8) is 0 Å². The Labute approximate surface area is 155 Å². The van der Waals surface area contributed by atoms with Crippen molar-refractivity contribution in [1.82, 2.24) is 0 Å². The van der Waals surface area contributed by atoms with E-state index in [0.717, 1.165) is 16.7 Å². The highest BCUT2D eigenvalue weighted by atomic mass is 35.5. The van der Waals surface area contributed by atoms with Crippen molar-refractivity contribution in [1.29, 1.82) is 0 Å². The largest absolute Gasteiger partial charge is 0.150 e. The monoisotopic (exact) mass is 355 g/mol. The van der Waals surface area contributed by atoms with Gasteiger partial charge in [-0.1, -0.05) is 56.6 Å². The molecule has 0 amide bonds. The Hall–Kier alpha value is -1.67. The normalized spacial score (nSPS) is 17.8. The van der Waals surface area contributed by atoms with Crippen LogP contribution in [0.4, 0.5) is 0 Å². The van der Waals surface area contributed by atoms with Crippen LogP contribution in [0.25, 0.3) is 11.1 Å². The van der Waals surface area contributed by atoms with Crippen LogP contribution in [0.3, 0.4) is 0 Å². The maximum atomic E-state index is 10.6. The first-order chi connectivity index (χ1) is 11.7. The van der Waals surface area contributed by atoms with Gasteiger partial charge in [0, 0.05) is 10.6 Å². The Balaban J connectivity index is 2.23. The SMILES string of the molecule is Cc1cc2c(cc1-c1cc(CN=O)ccc1Cl)C(C)(C)CCC2(C)C. The zero-order valence-corrected chi connectivity index (χ0v) is 16.5. The number of rotatable bonds is 3. The lowest BCUT2D eigenvalue weighted by Gasteiger charge is -2.42. The van der Waals surface area contributed by atoms with Crippen LogP contribution in [-0.2, 0) is 17.4 Å². The van der Waals surface area contributed by atoms with Crippen LogP contribution >= 0.6 is 11.6 Å². The summed E-state index contributed by atoms with van der Waals surface area (Å²) in [6.45, 7) is 11.6. The fourth-order valence-corrected chi connectivity index (χ4v) is 4.18. The highest BCUT2D eigenvalue weighted by Crippen LogP contribution is 2.48. The maximum absolute atomic E-state index is 10.6. The van der Waals surface area contributed by atoms with Crippen LogP contribution in [0.2, 0.25) is 5.02 Å². The molecule has 0 N–H and O–H groups in total. The van der Waals surface area contributed by atoms with Gasteiger partial charge in [0.25, 0.3) is 0 Å². The molecule has 1 aliphatic carbocycles. The summed E-state index contributed by atoms with van der Waals surface area (Å²) in [7, 11) is 0. The topological polar surface area (TPSA) is 29.4 Å². The average molecular weight is 356 g/mol. The number of hydrogen-bond acceptors (Lipinski definition) is 2. The van der Waals surface area contributed by atoms with E-state index in [1.165, 1.54) is 29.5 Å². The third-order valence-electron chi connectivity index (χ3n) is 5.77. The summed E-state index contributed by atoms with van der Waals surface area (Å²) < 4.78 is 0. The van der Waals surface area contributed by atoms with Crippen molar-refractivity contribution in [2.75, 3.05) is 0 Å². The Bertz CT molecular complexity index is 836. The van der Waals surface area contributed by atoms with Crippen molar-refractivity contribution in [2.24, 2.45) is 5.18 Å². The summed E-state index contributed by atoms with van der Waals surface area (Å²) in [5.41, 5.74) is 7.48. The fourth-order valence-electron chi connectivity index (χ4n) is 3.96. The first kappa shape index (κ1) is 18.1. The number of halogens is 1. The minimum atomic E-state index is 0.155. The number of hydrogen-bond donors (Lipinski definition) is 0. The molecule has 0 spiro atoms. The molecule has 3 heteroatoms. The van der Waals surface area contributed by atoms with E-state index in [1.54, 1.807) is 0 Å². The maximum Gasteiger partial charge on any atom is 0.106 e. The molecule has 0 aromatic heterocycles. The van der Waals surface area contributed by atoms with Crippen LogP contribution in [-0.4, -0.2) is 0 Å². The molecule has 1 aliphatic rings. The third-order valence-corrected chi connectivity index (χ3v) is 6.10. The second-order valence-corrected chi connectivity index (χ2v) is 8.99. The highest BCUT2D eigenvalue weighted by molar-refractivity contribution is 6.33. The van der Waals surface area contributed by atoms with E-state index in [2.05, 4.69) is 51.9 Å². The predicted molar refractivity (Wildman–Crippen MR) is 106 cm³/mol. The second kappa shape index (κ2) is 6.25. The van der Waals surface area contributed by atoms with Crippen molar-refractivity contribution in [2.45, 2.75) is 64.8 Å². The molecular formula is C22H26ClNO. The number of nitroso groups, excluding NO2 is 1. The fraction of sp³-hybridized carbons (Fsp3) is 0.455. The summed E-state index contributed by atoms with van der Waals surface area (Å²) in [5.74, 6) is 0. The molecule has 0 saturated heterocycles. The van der Waals surface area contributed by atoms with Gasteiger partial charge < -0.3 is 0 Å². The molecule has 132 valence electrons. The quantitative estimate of drug-likeness (QED) is 0.549. The van der Waals surface area contributed by atoms with Gasteiger partial charge in [0.1, 0.15) is 6.54 Å². The predicted octanol–water partition coefficient (Wildman–Crippen LogP) is 6.93. The summed E-state index contributed by atoms with van der Waals surface area (Å²) in [6, 6.07) is 10.4. The molecule has 0 atom stereocenters. The Kier molecular flexibility index (Phi) is 4.53. The smallest absolute Gasteiger partial charge is 0.106 e. The van der Waals surface area contributed by atoms with Crippen LogP contribution < -0.4 is 0 Å². The van der Waals surface area contributed by atoms with Gasteiger partial charge in [-0.2, -0.15) is 4.91 Å². The van der Waals surface area contributed by atoms with E-state index in [-0.39, 0.29) is 17.4 Å². The standard InChI is InChI=1S/C22H26ClNO/c1-14-10-18-19(22(4,5)9-8-21(18,2)3)12-16(14)17-11-15(13-24-25)6-7-20(17)23/h6-7,10-12H,8-9,13H2,1-5H3. The number of nitrogens with zero attached hydrogens (tertiary/aromatic N) is 1. The molecule has 0 unspecified atom stereocenters. The van der Waals surface area contributed by atoms with E-state index in [0.29, 0.717) is 5.02 Å². The van der Waals surface area contributed by atoms with Crippen molar-refractivity contribution >= 4 is 11.6 Å².